The molecule has 1 fully saturated rings. The topological polar surface area (TPSA) is 51.7 Å². The fraction of sp³-hybridized carbons (Fsp3) is 0.625. The van der Waals surface area contributed by atoms with E-state index in [2.05, 4.69) is 27.6 Å². The van der Waals surface area contributed by atoms with Crippen LogP contribution in [0.2, 0.25) is 0 Å². The maximum atomic E-state index is 12.4. The van der Waals surface area contributed by atoms with Crippen LogP contribution in [0.4, 0.5) is 4.79 Å². The van der Waals surface area contributed by atoms with Crippen molar-refractivity contribution in [2.75, 3.05) is 13.2 Å². The van der Waals surface area contributed by atoms with Gasteiger partial charge in [-0.3, -0.25) is 4.90 Å². The largest absolute Gasteiger partial charge is 0.475 e. The highest BCUT2D eigenvalue weighted by atomic mass is 127. The molecule has 1 aromatic heterocycles. The number of carbonyl (C=O) groups excluding carboxylic acids is 1. The molecular formula is C16H23IN2O3. The number of hydrogen-bond donors (Lipinski definition) is 0. The molecule has 1 aliphatic carbocycles. The van der Waals surface area contributed by atoms with Crippen molar-refractivity contribution in [2.24, 2.45) is 0 Å². The van der Waals surface area contributed by atoms with Crippen molar-refractivity contribution in [3.8, 4) is 5.88 Å². The normalized spacial score (nSPS) is 16.0. The zero-order chi connectivity index (χ0) is 16.4. The number of ether oxygens (including phenoxy) is 2. The van der Waals surface area contributed by atoms with Crippen LogP contribution in [0.3, 0.4) is 0 Å². The molecule has 0 spiro atoms. The van der Waals surface area contributed by atoms with E-state index in [-0.39, 0.29) is 11.6 Å². The highest BCUT2D eigenvalue weighted by Gasteiger charge is 2.51. The van der Waals surface area contributed by atoms with Gasteiger partial charge in [0, 0.05) is 22.4 Å². The van der Waals surface area contributed by atoms with Crippen LogP contribution in [0, 0.1) is 3.57 Å². The van der Waals surface area contributed by atoms with Gasteiger partial charge in [-0.1, -0.05) is 0 Å². The summed E-state index contributed by atoms with van der Waals surface area (Å²) in [4.78, 5) is 18.4. The van der Waals surface area contributed by atoms with Gasteiger partial charge in [0.2, 0.25) is 5.88 Å². The van der Waals surface area contributed by atoms with Crippen LogP contribution in [-0.2, 0) is 4.74 Å². The fourth-order valence-corrected chi connectivity index (χ4v) is 2.59. The molecule has 1 aromatic rings. The predicted molar refractivity (Wildman–Crippen MR) is 93.0 cm³/mol. The Morgan fingerprint density at radius 2 is 2.09 bits per heavy atom. The summed E-state index contributed by atoms with van der Waals surface area (Å²) < 4.78 is 12.4. The standard InChI is InChI=1S/C16H23IN2O3/c1-5-19(14(20)22-15(2,3)4)16(8-9-16)11-21-13-7-6-12(17)10-18-13/h6-7,10H,5,8-9,11H2,1-4H3. The van der Waals surface area contributed by atoms with Gasteiger partial charge in [-0.15, -0.1) is 0 Å². The van der Waals surface area contributed by atoms with Gasteiger partial charge in [-0.2, -0.15) is 0 Å². The maximum absolute atomic E-state index is 12.4. The van der Waals surface area contributed by atoms with Crippen molar-refractivity contribution < 1.29 is 14.3 Å². The molecule has 2 rings (SSSR count). The van der Waals surface area contributed by atoms with E-state index < -0.39 is 5.60 Å². The zero-order valence-corrected chi connectivity index (χ0v) is 15.7. The van der Waals surface area contributed by atoms with E-state index in [0.29, 0.717) is 19.0 Å². The van der Waals surface area contributed by atoms with Crippen molar-refractivity contribution in [1.29, 1.82) is 0 Å². The number of likely N-dealkylation sites (N-methyl/N-ethyl adjacent to an activating group) is 1. The van der Waals surface area contributed by atoms with Crippen LogP contribution in [0.1, 0.15) is 40.5 Å². The molecule has 1 amide bonds. The molecular weight excluding hydrogens is 395 g/mol. The van der Waals surface area contributed by atoms with Crippen molar-refractivity contribution in [3.05, 3.63) is 21.9 Å². The SMILES string of the molecule is CCN(C(=O)OC(C)(C)C)C1(COc2ccc(I)cn2)CC1. The lowest BCUT2D eigenvalue weighted by atomic mass is 10.2. The van der Waals surface area contributed by atoms with Gasteiger partial charge in [0.15, 0.2) is 0 Å². The third-order valence-electron chi connectivity index (χ3n) is 3.52. The molecule has 0 unspecified atom stereocenters. The smallest absolute Gasteiger partial charge is 0.410 e. The molecule has 6 heteroatoms. The molecule has 0 aromatic carbocycles. The van der Waals surface area contributed by atoms with Crippen LogP contribution in [0.5, 0.6) is 5.88 Å². The fourth-order valence-electron chi connectivity index (χ4n) is 2.27. The molecule has 122 valence electrons. The molecule has 0 N–H and O–H groups in total. The minimum Gasteiger partial charge on any atom is -0.475 e. The first-order valence-electron chi connectivity index (χ1n) is 7.51. The van der Waals surface area contributed by atoms with Gasteiger partial charge >= 0.3 is 6.09 Å². The second kappa shape index (κ2) is 6.60. The van der Waals surface area contributed by atoms with Gasteiger partial charge in [-0.25, -0.2) is 9.78 Å². The van der Waals surface area contributed by atoms with Crippen LogP contribution >= 0.6 is 22.6 Å². The summed E-state index contributed by atoms with van der Waals surface area (Å²) in [6.07, 6.45) is 3.36. The van der Waals surface area contributed by atoms with Crippen molar-refractivity contribution >= 4 is 28.7 Å². The van der Waals surface area contributed by atoms with Crippen LogP contribution in [-0.4, -0.2) is 40.3 Å². The molecule has 5 nitrogen and oxygen atoms in total. The van der Waals surface area contributed by atoms with E-state index >= 15 is 0 Å². The third-order valence-corrected chi connectivity index (χ3v) is 4.16. The predicted octanol–water partition coefficient (Wildman–Crippen LogP) is 3.85. The van der Waals surface area contributed by atoms with Gasteiger partial charge in [0.1, 0.15) is 12.2 Å². The summed E-state index contributed by atoms with van der Waals surface area (Å²) in [5.41, 5.74) is -0.735. The van der Waals surface area contributed by atoms with Crippen LogP contribution in [0.25, 0.3) is 0 Å². The third kappa shape index (κ3) is 4.47. The van der Waals surface area contributed by atoms with Gasteiger partial charge in [0.05, 0.1) is 5.54 Å². The Morgan fingerprint density at radius 3 is 2.55 bits per heavy atom. The van der Waals surface area contributed by atoms with E-state index in [1.807, 2.05) is 39.8 Å². The second-order valence-corrected chi connectivity index (χ2v) is 7.80. The summed E-state index contributed by atoms with van der Waals surface area (Å²) in [6.45, 7) is 8.66. The number of aromatic nitrogens is 1. The molecule has 0 bridgehead atoms. The number of halogens is 1. The highest BCUT2D eigenvalue weighted by molar-refractivity contribution is 14.1. The van der Waals surface area contributed by atoms with Gasteiger partial charge in [-0.05, 0) is 69.2 Å². The highest BCUT2D eigenvalue weighted by Crippen LogP contribution is 2.42. The number of nitrogens with zero attached hydrogens (tertiary/aromatic N) is 2. The number of amides is 1. The first-order chi connectivity index (χ1) is 10.3. The first-order valence-corrected chi connectivity index (χ1v) is 8.59. The quantitative estimate of drug-likeness (QED) is 0.682. The average Bonchev–Trinajstić information content (AvgIpc) is 3.18. The lowest BCUT2D eigenvalue weighted by Crippen LogP contribution is -2.47. The second-order valence-electron chi connectivity index (χ2n) is 6.55. The molecule has 0 saturated heterocycles. The van der Waals surface area contributed by atoms with Crippen molar-refractivity contribution in [3.63, 3.8) is 0 Å². The lowest BCUT2D eigenvalue weighted by Gasteiger charge is -2.32. The summed E-state index contributed by atoms with van der Waals surface area (Å²) in [5, 5.41) is 0. The minimum absolute atomic E-state index is 0.248. The van der Waals surface area contributed by atoms with Gasteiger partial charge < -0.3 is 9.47 Å². The Labute approximate surface area is 145 Å². The molecule has 0 aliphatic heterocycles. The molecule has 1 saturated carbocycles. The van der Waals surface area contributed by atoms with Crippen molar-refractivity contribution in [1.82, 2.24) is 9.88 Å². The Balaban J connectivity index is 1.99. The summed E-state index contributed by atoms with van der Waals surface area (Å²) >= 11 is 2.20. The average molecular weight is 418 g/mol. The number of pyridine rings is 1. The van der Waals surface area contributed by atoms with E-state index in [9.17, 15) is 4.79 Å². The van der Waals surface area contributed by atoms with E-state index in [1.165, 1.54) is 0 Å². The molecule has 22 heavy (non-hydrogen) atoms. The summed E-state index contributed by atoms with van der Waals surface area (Å²) in [5.74, 6) is 0.590. The lowest BCUT2D eigenvalue weighted by molar-refractivity contribution is 0.00781. The summed E-state index contributed by atoms with van der Waals surface area (Å²) in [6, 6.07) is 3.80. The van der Waals surface area contributed by atoms with Gasteiger partial charge in [0.25, 0.3) is 0 Å². The molecule has 0 radical (unpaired) electrons. The minimum atomic E-state index is -0.487. The molecule has 0 atom stereocenters. The Morgan fingerprint density at radius 1 is 1.41 bits per heavy atom. The van der Waals surface area contributed by atoms with Crippen LogP contribution < -0.4 is 4.74 Å². The first kappa shape index (κ1) is 17.3. The Bertz CT molecular complexity index is 521. The van der Waals surface area contributed by atoms with Crippen LogP contribution in [0.15, 0.2) is 18.3 Å². The van der Waals surface area contributed by atoms with E-state index in [0.717, 1.165) is 16.4 Å². The van der Waals surface area contributed by atoms with E-state index in [1.54, 1.807) is 11.1 Å². The molecule has 1 aliphatic rings. The summed E-state index contributed by atoms with van der Waals surface area (Å²) in [7, 11) is 0. The monoisotopic (exact) mass is 418 g/mol. The Kier molecular flexibility index (Phi) is 5.19. The number of carbonyl (C=O) groups is 1. The zero-order valence-electron chi connectivity index (χ0n) is 13.6. The van der Waals surface area contributed by atoms with Crippen molar-refractivity contribution in [2.45, 2.75) is 51.7 Å². The maximum Gasteiger partial charge on any atom is 0.410 e. The number of rotatable bonds is 5. The Hall–Kier alpha value is -1.05. The van der Waals surface area contributed by atoms with E-state index in [4.69, 9.17) is 9.47 Å². The molecule has 1 heterocycles. The number of hydrogen-bond acceptors (Lipinski definition) is 4.